The summed E-state index contributed by atoms with van der Waals surface area (Å²) >= 11 is 0. The highest BCUT2D eigenvalue weighted by atomic mass is 15.2. The molecule has 0 saturated carbocycles. The van der Waals surface area contributed by atoms with Crippen LogP contribution < -0.4 is 10.2 Å². The van der Waals surface area contributed by atoms with E-state index in [9.17, 15) is 0 Å². The van der Waals surface area contributed by atoms with Gasteiger partial charge in [-0.25, -0.2) is 4.98 Å². The standard InChI is InChI=1S/C11H14N4/c1-15(11-4-5-13-7-11)10-3-2-9(6-12)14-8-10/h2-3,8,11,13H,4-5,7H2,1H3. The van der Waals surface area contributed by atoms with Crippen LogP contribution in [0.5, 0.6) is 0 Å². The van der Waals surface area contributed by atoms with E-state index in [0.717, 1.165) is 25.2 Å². The Hall–Kier alpha value is -1.60. The largest absolute Gasteiger partial charge is 0.369 e. The Bertz CT molecular complexity index is 359. The maximum Gasteiger partial charge on any atom is 0.140 e. The molecule has 0 amide bonds. The van der Waals surface area contributed by atoms with E-state index in [0.29, 0.717) is 11.7 Å². The minimum absolute atomic E-state index is 0.469. The van der Waals surface area contributed by atoms with Crippen LogP contribution in [0, 0.1) is 11.3 Å². The van der Waals surface area contributed by atoms with E-state index in [2.05, 4.69) is 22.2 Å². The first kappa shape index (κ1) is 9.94. The number of rotatable bonds is 2. The summed E-state index contributed by atoms with van der Waals surface area (Å²) < 4.78 is 0. The molecule has 4 heteroatoms. The Morgan fingerprint density at radius 3 is 3.00 bits per heavy atom. The summed E-state index contributed by atoms with van der Waals surface area (Å²) in [7, 11) is 2.07. The molecule has 2 heterocycles. The fourth-order valence-electron chi connectivity index (χ4n) is 1.84. The van der Waals surface area contributed by atoms with Crippen molar-refractivity contribution in [2.75, 3.05) is 25.0 Å². The van der Waals surface area contributed by atoms with Gasteiger partial charge in [0.25, 0.3) is 0 Å². The van der Waals surface area contributed by atoms with Crippen LogP contribution in [0.2, 0.25) is 0 Å². The number of likely N-dealkylation sites (N-methyl/N-ethyl adjacent to an activating group) is 1. The first-order chi connectivity index (χ1) is 7.31. The lowest BCUT2D eigenvalue weighted by Crippen LogP contribution is -2.33. The Kier molecular flexibility index (Phi) is 2.84. The van der Waals surface area contributed by atoms with Gasteiger partial charge in [-0.15, -0.1) is 0 Å². The van der Waals surface area contributed by atoms with Gasteiger partial charge in [-0.1, -0.05) is 0 Å². The Balaban J connectivity index is 2.11. The van der Waals surface area contributed by atoms with Crippen molar-refractivity contribution < 1.29 is 0 Å². The SMILES string of the molecule is CN(c1ccc(C#N)nc1)C1CCNC1. The van der Waals surface area contributed by atoms with Gasteiger partial charge in [-0.05, 0) is 25.1 Å². The molecular formula is C11H14N4. The first-order valence-corrected chi connectivity index (χ1v) is 5.11. The van der Waals surface area contributed by atoms with Crippen LogP contribution in [0.4, 0.5) is 5.69 Å². The lowest BCUT2D eigenvalue weighted by Gasteiger charge is -2.25. The average molecular weight is 202 g/mol. The number of hydrogen-bond acceptors (Lipinski definition) is 4. The van der Waals surface area contributed by atoms with Crippen LogP contribution in [0.3, 0.4) is 0 Å². The molecule has 1 saturated heterocycles. The molecule has 0 aromatic carbocycles. The summed E-state index contributed by atoms with van der Waals surface area (Å²) in [6.45, 7) is 2.11. The van der Waals surface area contributed by atoms with Crippen molar-refractivity contribution in [1.82, 2.24) is 10.3 Å². The van der Waals surface area contributed by atoms with Gasteiger partial charge in [0.2, 0.25) is 0 Å². The molecule has 1 atom stereocenters. The Morgan fingerprint density at radius 1 is 1.60 bits per heavy atom. The van der Waals surface area contributed by atoms with Gasteiger partial charge in [0.1, 0.15) is 11.8 Å². The summed E-state index contributed by atoms with van der Waals surface area (Å²) in [5, 5.41) is 12.0. The number of anilines is 1. The first-order valence-electron chi connectivity index (χ1n) is 5.11. The molecule has 15 heavy (non-hydrogen) atoms. The van der Waals surface area contributed by atoms with Gasteiger partial charge in [0.05, 0.1) is 11.9 Å². The second-order valence-corrected chi connectivity index (χ2v) is 3.77. The molecule has 0 spiro atoms. The van der Waals surface area contributed by atoms with Crippen molar-refractivity contribution in [3.05, 3.63) is 24.0 Å². The smallest absolute Gasteiger partial charge is 0.140 e. The van der Waals surface area contributed by atoms with Crippen molar-refractivity contribution in [1.29, 1.82) is 5.26 Å². The van der Waals surface area contributed by atoms with Crippen LogP contribution in [0.25, 0.3) is 0 Å². The fraction of sp³-hybridized carbons (Fsp3) is 0.455. The van der Waals surface area contributed by atoms with E-state index in [4.69, 9.17) is 5.26 Å². The van der Waals surface area contributed by atoms with Gasteiger partial charge in [-0.2, -0.15) is 5.26 Å². The minimum atomic E-state index is 0.469. The van der Waals surface area contributed by atoms with Crippen molar-refractivity contribution in [3.63, 3.8) is 0 Å². The molecule has 1 unspecified atom stereocenters. The van der Waals surface area contributed by atoms with Gasteiger partial charge in [0, 0.05) is 19.6 Å². The van der Waals surface area contributed by atoms with Crippen LogP contribution in [0.15, 0.2) is 18.3 Å². The third kappa shape index (κ3) is 2.08. The van der Waals surface area contributed by atoms with E-state index in [1.165, 1.54) is 0 Å². The average Bonchev–Trinajstić information content (AvgIpc) is 2.82. The molecule has 0 bridgehead atoms. The summed E-state index contributed by atoms with van der Waals surface area (Å²) in [5.41, 5.74) is 1.54. The highest BCUT2D eigenvalue weighted by molar-refractivity contribution is 5.46. The third-order valence-corrected chi connectivity index (χ3v) is 2.85. The maximum absolute atomic E-state index is 8.64. The zero-order valence-electron chi connectivity index (χ0n) is 8.77. The second-order valence-electron chi connectivity index (χ2n) is 3.77. The molecule has 1 aromatic heterocycles. The van der Waals surface area contributed by atoms with E-state index >= 15 is 0 Å². The van der Waals surface area contributed by atoms with Gasteiger partial charge >= 0.3 is 0 Å². The number of aromatic nitrogens is 1. The molecule has 1 N–H and O–H groups in total. The number of nitrogens with one attached hydrogen (secondary N) is 1. The monoisotopic (exact) mass is 202 g/mol. The molecule has 0 aliphatic carbocycles. The molecule has 1 aliphatic heterocycles. The molecule has 1 aliphatic rings. The number of nitrogens with zero attached hydrogens (tertiary/aromatic N) is 3. The normalized spacial score (nSPS) is 19.9. The highest BCUT2D eigenvalue weighted by Crippen LogP contribution is 2.17. The van der Waals surface area contributed by atoms with E-state index in [-0.39, 0.29) is 0 Å². The Labute approximate surface area is 89.5 Å². The molecule has 2 rings (SSSR count). The van der Waals surface area contributed by atoms with Crippen LogP contribution in [0.1, 0.15) is 12.1 Å². The number of hydrogen-bond donors (Lipinski definition) is 1. The summed E-state index contributed by atoms with van der Waals surface area (Å²) in [6.07, 6.45) is 2.92. The van der Waals surface area contributed by atoms with Crippen LogP contribution in [-0.2, 0) is 0 Å². The molecule has 78 valence electrons. The summed E-state index contributed by atoms with van der Waals surface area (Å²) in [5.74, 6) is 0. The zero-order valence-corrected chi connectivity index (χ0v) is 8.77. The lowest BCUT2D eigenvalue weighted by atomic mass is 10.2. The fourth-order valence-corrected chi connectivity index (χ4v) is 1.84. The van der Waals surface area contributed by atoms with Crippen molar-refractivity contribution in [3.8, 4) is 6.07 Å². The van der Waals surface area contributed by atoms with Gasteiger partial charge < -0.3 is 10.2 Å². The van der Waals surface area contributed by atoms with Crippen molar-refractivity contribution >= 4 is 5.69 Å². The molecule has 1 fully saturated rings. The lowest BCUT2D eigenvalue weighted by molar-refractivity contribution is 0.684. The number of pyridine rings is 1. The second kappa shape index (κ2) is 4.28. The quantitative estimate of drug-likeness (QED) is 0.769. The van der Waals surface area contributed by atoms with Gasteiger partial charge in [-0.3, -0.25) is 0 Å². The predicted octanol–water partition coefficient (Wildman–Crippen LogP) is 0.751. The highest BCUT2D eigenvalue weighted by Gasteiger charge is 2.19. The number of nitriles is 1. The molecule has 1 aromatic rings. The van der Waals surface area contributed by atoms with Crippen molar-refractivity contribution in [2.24, 2.45) is 0 Å². The topological polar surface area (TPSA) is 52.0 Å². The minimum Gasteiger partial charge on any atom is -0.369 e. The van der Waals surface area contributed by atoms with E-state index in [1.807, 2.05) is 12.1 Å². The van der Waals surface area contributed by atoms with E-state index < -0.39 is 0 Å². The maximum atomic E-state index is 8.64. The molecule has 4 nitrogen and oxygen atoms in total. The van der Waals surface area contributed by atoms with Crippen LogP contribution in [-0.4, -0.2) is 31.2 Å². The zero-order chi connectivity index (χ0) is 10.7. The van der Waals surface area contributed by atoms with E-state index in [1.54, 1.807) is 12.3 Å². The van der Waals surface area contributed by atoms with Crippen molar-refractivity contribution in [2.45, 2.75) is 12.5 Å². The molecular weight excluding hydrogens is 188 g/mol. The van der Waals surface area contributed by atoms with Gasteiger partial charge in [0.15, 0.2) is 0 Å². The summed E-state index contributed by atoms with van der Waals surface area (Å²) in [6, 6.07) is 6.27. The molecule has 0 radical (unpaired) electrons. The summed E-state index contributed by atoms with van der Waals surface area (Å²) in [4.78, 5) is 6.28. The Morgan fingerprint density at radius 2 is 2.47 bits per heavy atom. The van der Waals surface area contributed by atoms with Crippen LogP contribution >= 0.6 is 0 Å². The predicted molar refractivity (Wildman–Crippen MR) is 58.6 cm³/mol. The third-order valence-electron chi connectivity index (χ3n) is 2.85.